The molecule has 0 amide bonds. The Bertz CT molecular complexity index is 541. The number of alkyl halides is 1. The average Bonchev–Trinajstić information content (AvgIpc) is 2.31. The summed E-state index contributed by atoms with van der Waals surface area (Å²) >= 11 is 12.3. The predicted octanol–water partition coefficient (Wildman–Crippen LogP) is 4.48. The molecule has 2 unspecified atom stereocenters. The van der Waals surface area contributed by atoms with E-state index >= 15 is 0 Å². The molecule has 1 aromatic rings. The SMILES string of the molecule is Cc1cccc(C(=O)C2C=C(Cl)C=CC2(C)Cl)c1. The summed E-state index contributed by atoms with van der Waals surface area (Å²) in [6.45, 7) is 3.78. The lowest BCUT2D eigenvalue weighted by Crippen LogP contribution is -2.33. The molecule has 94 valence electrons. The Kier molecular flexibility index (Phi) is 3.65. The number of hydrogen-bond acceptors (Lipinski definition) is 1. The van der Waals surface area contributed by atoms with E-state index in [2.05, 4.69) is 0 Å². The van der Waals surface area contributed by atoms with Crippen LogP contribution in [0.15, 0.2) is 47.5 Å². The molecule has 0 saturated carbocycles. The van der Waals surface area contributed by atoms with Crippen molar-refractivity contribution >= 4 is 29.0 Å². The molecule has 0 aliphatic heterocycles. The van der Waals surface area contributed by atoms with E-state index < -0.39 is 10.8 Å². The van der Waals surface area contributed by atoms with Gasteiger partial charge >= 0.3 is 0 Å². The molecule has 0 bridgehead atoms. The zero-order valence-corrected chi connectivity index (χ0v) is 11.8. The van der Waals surface area contributed by atoms with Gasteiger partial charge in [-0.25, -0.2) is 0 Å². The third kappa shape index (κ3) is 2.68. The van der Waals surface area contributed by atoms with Crippen LogP contribution in [0.4, 0.5) is 0 Å². The lowest BCUT2D eigenvalue weighted by molar-refractivity contribution is 0.0932. The van der Waals surface area contributed by atoms with Gasteiger partial charge in [-0.1, -0.05) is 47.5 Å². The number of halogens is 2. The van der Waals surface area contributed by atoms with Gasteiger partial charge in [0.05, 0.1) is 10.8 Å². The number of aryl methyl sites for hydroxylation is 1. The van der Waals surface area contributed by atoms with Crippen molar-refractivity contribution in [1.82, 2.24) is 0 Å². The molecule has 0 aromatic heterocycles. The lowest BCUT2D eigenvalue weighted by atomic mass is 9.83. The number of Topliss-reactive ketones (excluding diaryl/α,β-unsaturated/α-hetero) is 1. The van der Waals surface area contributed by atoms with Crippen molar-refractivity contribution in [2.45, 2.75) is 18.7 Å². The fourth-order valence-electron chi connectivity index (χ4n) is 2.03. The quantitative estimate of drug-likeness (QED) is 0.577. The largest absolute Gasteiger partial charge is 0.293 e. The molecule has 18 heavy (non-hydrogen) atoms. The molecule has 2 rings (SSSR count). The minimum atomic E-state index is -0.723. The van der Waals surface area contributed by atoms with Gasteiger partial charge in [0.15, 0.2) is 5.78 Å². The van der Waals surface area contributed by atoms with Crippen LogP contribution < -0.4 is 0 Å². The molecule has 1 aliphatic rings. The maximum absolute atomic E-state index is 12.5. The Morgan fingerprint density at radius 3 is 2.78 bits per heavy atom. The molecule has 0 spiro atoms. The van der Waals surface area contributed by atoms with Crippen LogP contribution in [-0.4, -0.2) is 10.7 Å². The van der Waals surface area contributed by atoms with Crippen molar-refractivity contribution in [3.8, 4) is 0 Å². The number of rotatable bonds is 2. The lowest BCUT2D eigenvalue weighted by Gasteiger charge is -2.28. The summed E-state index contributed by atoms with van der Waals surface area (Å²) < 4.78 is 0. The Morgan fingerprint density at radius 2 is 2.11 bits per heavy atom. The van der Waals surface area contributed by atoms with Crippen LogP contribution in [0.5, 0.6) is 0 Å². The van der Waals surface area contributed by atoms with Crippen LogP contribution in [0.2, 0.25) is 0 Å². The number of benzene rings is 1. The Balaban J connectivity index is 2.37. The van der Waals surface area contributed by atoms with Crippen LogP contribution in [0, 0.1) is 12.8 Å². The van der Waals surface area contributed by atoms with E-state index in [-0.39, 0.29) is 5.78 Å². The summed E-state index contributed by atoms with van der Waals surface area (Å²) in [5, 5.41) is 0.555. The highest BCUT2D eigenvalue weighted by molar-refractivity contribution is 6.33. The molecule has 1 aromatic carbocycles. The third-order valence-corrected chi connectivity index (χ3v) is 3.70. The molecule has 0 saturated heterocycles. The normalized spacial score (nSPS) is 26.9. The summed E-state index contributed by atoms with van der Waals surface area (Å²) in [5.41, 5.74) is 1.72. The number of allylic oxidation sites excluding steroid dienone is 4. The second-order valence-electron chi connectivity index (χ2n) is 4.75. The highest BCUT2D eigenvalue weighted by atomic mass is 35.5. The minimum absolute atomic E-state index is 0.00120. The Morgan fingerprint density at radius 1 is 1.39 bits per heavy atom. The smallest absolute Gasteiger partial charge is 0.171 e. The van der Waals surface area contributed by atoms with Crippen LogP contribution in [-0.2, 0) is 0 Å². The number of ketones is 1. The van der Waals surface area contributed by atoms with Gasteiger partial charge in [0.2, 0.25) is 0 Å². The van der Waals surface area contributed by atoms with Crippen LogP contribution in [0.3, 0.4) is 0 Å². The van der Waals surface area contributed by atoms with Crippen molar-refractivity contribution in [2.24, 2.45) is 5.92 Å². The second kappa shape index (κ2) is 4.91. The molecule has 0 heterocycles. The van der Waals surface area contributed by atoms with Crippen molar-refractivity contribution in [3.05, 3.63) is 58.7 Å². The first-order valence-corrected chi connectivity index (χ1v) is 6.52. The Labute approximate surface area is 117 Å². The number of hydrogen-bond donors (Lipinski definition) is 0. The van der Waals surface area contributed by atoms with E-state index in [1.807, 2.05) is 38.1 Å². The molecule has 0 N–H and O–H groups in total. The van der Waals surface area contributed by atoms with Gasteiger partial charge in [0.1, 0.15) is 0 Å². The van der Waals surface area contributed by atoms with Gasteiger partial charge in [-0.2, -0.15) is 0 Å². The molecule has 0 fully saturated rings. The van der Waals surface area contributed by atoms with Crippen LogP contribution in [0.25, 0.3) is 0 Å². The first-order valence-electron chi connectivity index (χ1n) is 5.76. The summed E-state index contributed by atoms with van der Waals surface area (Å²) in [4.78, 5) is 11.8. The molecular formula is C15H14Cl2O. The molecular weight excluding hydrogens is 267 g/mol. The Hall–Kier alpha value is -1.05. The molecule has 1 aliphatic carbocycles. The van der Waals surface area contributed by atoms with E-state index in [0.717, 1.165) is 5.56 Å². The van der Waals surface area contributed by atoms with Gasteiger partial charge < -0.3 is 0 Å². The average molecular weight is 281 g/mol. The fourth-order valence-corrected chi connectivity index (χ4v) is 2.45. The topological polar surface area (TPSA) is 17.1 Å². The monoisotopic (exact) mass is 280 g/mol. The third-order valence-electron chi connectivity index (χ3n) is 3.09. The van der Waals surface area contributed by atoms with Gasteiger partial charge in [-0.3, -0.25) is 4.79 Å². The summed E-state index contributed by atoms with van der Waals surface area (Å²) in [6, 6.07) is 7.51. The predicted molar refractivity (Wildman–Crippen MR) is 76.3 cm³/mol. The van der Waals surface area contributed by atoms with E-state index in [4.69, 9.17) is 23.2 Å². The first kappa shape index (κ1) is 13.4. The van der Waals surface area contributed by atoms with Crippen molar-refractivity contribution in [2.75, 3.05) is 0 Å². The number of carbonyl (C=O) groups excluding carboxylic acids is 1. The van der Waals surface area contributed by atoms with Crippen LogP contribution in [0.1, 0.15) is 22.8 Å². The molecule has 1 nitrogen and oxygen atoms in total. The molecule has 0 radical (unpaired) electrons. The summed E-state index contributed by atoms with van der Waals surface area (Å²) in [7, 11) is 0. The van der Waals surface area contributed by atoms with Crippen molar-refractivity contribution in [1.29, 1.82) is 0 Å². The van der Waals surface area contributed by atoms with Crippen molar-refractivity contribution in [3.63, 3.8) is 0 Å². The summed E-state index contributed by atoms with van der Waals surface area (Å²) in [6.07, 6.45) is 5.23. The highest BCUT2D eigenvalue weighted by Crippen LogP contribution is 2.36. The summed E-state index contributed by atoms with van der Waals surface area (Å²) in [5.74, 6) is -0.433. The minimum Gasteiger partial charge on any atom is -0.293 e. The van der Waals surface area contributed by atoms with Gasteiger partial charge in [-0.15, -0.1) is 11.6 Å². The van der Waals surface area contributed by atoms with Gasteiger partial charge in [-0.05, 0) is 26.0 Å². The zero-order chi connectivity index (χ0) is 13.3. The second-order valence-corrected chi connectivity index (χ2v) is 6.00. The maximum atomic E-state index is 12.5. The first-order chi connectivity index (χ1) is 8.40. The van der Waals surface area contributed by atoms with E-state index in [9.17, 15) is 4.79 Å². The number of carbonyl (C=O) groups is 1. The zero-order valence-electron chi connectivity index (χ0n) is 10.3. The maximum Gasteiger partial charge on any atom is 0.171 e. The van der Waals surface area contributed by atoms with E-state index in [0.29, 0.717) is 10.6 Å². The molecule has 2 atom stereocenters. The standard InChI is InChI=1S/C15H14Cl2O/c1-10-4-3-5-11(8-10)14(18)13-9-12(16)6-7-15(13,2)17/h3-9,13H,1-2H3. The van der Waals surface area contributed by atoms with E-state index in [1.165, 1.54) is 0 Å². The highest BCUT2D eigenvalue weighted by Gasteiger charge is 2.36. The molecule has 3 heteroatoms. The van der Waals surface area contributed by atoms with Crippen LogP contribution >= 0.6 is 23.2 Å². The van der Waals surface area contributed by atoms with Gasteiger partial charge in [0, 0.05) is 10.6 Å². The van der Waals surface area contributed by atoms with Gasteiger partial charge in [0.25, 0.3) is 0 Å². The van der Waals surface area contributed by atoms with Crippen molar-refractivity contribution < 1.29 is 4.79 Å². The van der Waals surface area contributed by atoms with E-state index in [1.54, 1.807) is 18.2 Å². The fraction of sp³-hybridized carbons (Fsp3) is 0.267.